The number of fused-ring (bicyclic) bond motifs is 2. The van der Waals surface area contributed by atoms with Crippen molar-refractivity contribution in [3.05, 3.63) is 34.9 Å². The molecule has 0 fully saturated rings. The third kappa shape index (κ3) is 2.19. The number of phenols is 1. The zero-order valence-corrected chi connectivity index (χ0v) is 15.1. The highest BCUT2D eigenvalue weighted by molar-refractivity contribution is 5.88. The maximum Gasteiger partial charge on any atom is 0.169 e. The molecule has 0 spiro atoms. The molecule has 2 aromatic carbocycles. The van der Waals surface area contributed by atoms with E-state index in [-0.39, 0.29) is 5.75 Å². The van der Waals surface area contributed by atoms with Crippen molar-refractivity contribution in [2.24, 2.45) is 0 Å². The van der Waals surface area contributed by atoms with Crippen LogP contribution in [0.15, 0.2) is 18.2 Å². The van der Waals surface area contributed by atoms with Crippen molar-refractivity contribution < 1.29 is 24.2 Å². The SMILES string of the molecule is COc1ccc2c(c1O)-c1c(OC)c(OC)cc3c1[C@H](C2)[NH+](C)CC3. The van der Waals surface area contributed by atoms with E-state index in [0.717, 1.165) is 36.1 Å². The van der Waals surface area contributed by atoms with E-state index in [9.17, 15) is 5.11 Å². The molecule has 25 heavy (non-hydrogen) atoms. The minimum absolute atomic E-state index is 0.176. The molecule has 132 valence electrons. The highest BCUT2D eigenvalue weighted by Crippen LogP contribution is 2.54. The first kappa shape index (κ1) is 16.1. The molecular formula is C20H24NO4+. The zero-order valence-electron chi connectivity index (χ0n) is 15.1. The number of rotatable bonds is 3. The van der Waals surface area contributed by atoms with E-state index in [2.05, 4.69) is 19.2 Å². The Morgan fingerprint density at radius 2 is 1.76 bits per heavy atom. The summed E-state index contributed by atoms with van der Waals surface area (Å²) < 4.78 is 16.7. The number of benzene rings is 2. The number of quaternary nitrogens is 1. The van der Waals surface area contributed by atoms with Crippen LogP contribution < -0.4 is 19.1 Å². The van der Waals surface area contributed by atoms with Gasteiger partial charge in [0.05, 0.1) is 34.9 Å². The van der Waals surface area contributed by atoms with E-state index in [0.29, 0.717) is 23.3 Å². The Hall–Kier alpha value is -2.40. The van der Waals surface area contributed by atoms with Gasteiger partial charge in [-0.15, -0.1) is 0 Å². The lowest BCUT2D eigenvalue weighted by atomic mass is 9.76. The van der Waals surface area contributed by atoms with Crippen LogP contribution in [0.2, 0.25) is 0 Å². The van der Waals surface area contributed by atoms with Crippen LogP contribution in [0.3, 0.4) is 0 Å². The van der Waals surface area contributed by atoms with Crippen LogP contribution in [0.25, 0.3) is 11.1 Å². The second kappa shape index (κ2) is 5.85. The number of methoxy groups -OCH3 is 3. The van der Waals surface area contributed by atoms with Gasteiger partial charge in [-0.2, -0.15) is 0 Å². The fourth-order valence-corrected chi connectivity index (χ4v) is 4.39. The van der Waals surface area contributed by atoms with Gasteiger partial charge in [0.25, 0.3) is 0 Å². The number of aromatic hydroxyl groups is 1. The molecule has 0 radical (unpaired) electrons. The van der Waals surface area contributed by atoms with Crippen LogP contribution in [0.1, 0.15) is 22.7 Å². The minimum atomic E-state index is 0.176. The number of hydrogen-bond donors (Lipinski definition) is 2. The second-order valence-electron chi connectivity index (χ2n) is 6.81. The summed E-state index contributed by atoms with van der Waals surface area (Å²) in [4.78, 5) is 1.49. The van der Waals surface area contributed by atoms with Crippen molar-refractivity contribution in [3.8, 4) is 34.1 Å². The average Bonchev–Trinajstić information content (AvgIpc) is 2.63. The Bertz CT molecular complexity index is 846. The highest BCUT2D eigenvalue weighted by Gasteiger charge is 2.40. The van der Waals surface area contributed by atoms with Gasteiger partial charge in [0.1, 0.15) is 6.04 Å². The van der Waals surface area contributed by atoms with Crippen LogP contribution in [-0.4, -0.2) is 40.0 Å². The number of hydrogen-bond acceptors (Lipinski definition) is 4. The van der Waals surface area contributed by atoms with Gasteiger partial charge in [0.15, 0.2) is 23.0 Å². The van der Waals surface area contributed by atoms with Crippen molar-refractivity contribution in [1.29, 1.82) is 0 Å². The molecule has 2 aliphatic rings. The Labute approximate surface area is 147 Å². The number of likely N-dealkylation sites (N-methyl/N-ethyl adjacent to an activating group) is 1. The predicted octanol–water partition coefficient (Wildman–Crippen LogP) is 1.75. The van der Waals surface area contributed by atoms with Crippen LogP contribution in [0, 0.1) is 0 Å². The standard InChI is InChI=1S/C20H23NO4/c1-21-8-7-12-10-15(24-3)20(25-4)18-16(12)13(21)9-11-5-6-14(23-2)19(22)17(11)18/h5-6,10,13,22H,7-9H2,1-4H3/p+1/t13-/m0/s1. The molecule has 1 heterocycles. The lowest BCUT2D eigenvalue weighted by molar-refractivity contribution is -0.914. The van der Waals surface area contributed by atoms with Gasteiger partial charge >= 0.3 is 0 Å². The summed E-state index contributed by atoms with van der Waals surface area (Å²) in [5.41, 5.74) is 5.46. The van der Waals surface area contributed by atoms with E-state index in [1.165, 1.54) is 16.0 Å². The lowest BCUT2D eigenvalue weighted by Crippen LogP contribution is -3.10. The topological polar surface area (TPSA) is 52.4 Å². The second-order valence-corrected chi connectivity index (χ2v) is 6.81. The molecule has 1 aliphatic heterocycles. The summed E-state index contributed by atoms with van der Waals surface area (Å²) in [7, 11) is 7.12. The predicted molar refractivity (Wildman–Crippen MR) is 95.1 cm³/mol. The summed E-state index contributed by atoms with van der Waals surface area (Å²) in [5, 5.41) is 10.9. The molecule has 1 aliphatic carbocycles. The van der Waals surface area contributed by atoms with Crippen molar-refractivity contribution in [2.45, 2.75) is 18.9 Å². The number of phenolic OH excluding ortho intramolecular Hbond substituents is 1. The van der Waals surface area contributed by atoms with Crippen LogP contribution >= 0.6 is 0 Å². The summed E-state index contributed by atoms with van der Waals surface area (Å²) in [6.07, 6.45) is 1.89. The highest BCUT2D eigenvalue weighted by atomic mass is 16.5. The van der Waals surface area contributed by atoms with Gasteiger partial charge in [-0.25, -0.2) is 0 Å². The molecule has 0 bridgehead atoms. The average molecular weight is 342 g/mol. The van der Waals surface area contributed by atoms with E-state index in [1.54, 1.807) is 21.3 Å². The Balaban J connectivity index is 2.11. The van der Waals surface area contributed by atoms with Gasteiger partial charge in [-0.3, -0.25) is 0 Å². The fourth-order valence-electron chi connectivity index (χ4n) is 4.39. The number of ether oxygens (including phenoxy) is 3. The van der Waals surface area contributed by atoms with Gasteiger partial charge in [0, 0.05) is 29.5 Å². The Kier molecular flexibility index (Phi) is 3.76. The lowest BCUT2D eigenvalue weighted by Gasteiger charge is -2.38. The van der Waals surface area contributed by atoms with Gasteiger partial charge < -0.3 is 24.2 Å². The molecule has 1 unspecified atom stereocenters. The Morgan fingerprint density at radius 3 is 2.44 bits per heavy atom. The summed E-state index contributed by atoms with van der Waals surface area (Å²) >= 11 is 0. The maximum absolute atomic E-state index is 10.9. The van der Waals surface area contributed by atoms with Crippen molar-refractivity contribution >= 4 is 0 Å². The molecule has 0 aromatic heterocycles. The third-order valence-electron chi connectivity index (χ3n) is 5.65. The molecule has 2 atom stereocenters. The van der Waals surface area contributed by atoms with Crippen molar-refractivity contribution in [3.63, 3.8) is 0 Å². The van der Waals surface area contributed by atoms with Crippen molar-refractivity contribution in [2.75, 3.05) is 34.9 Å². The first-order chi connectivity index (χ1) is 12.1. The molecule has 0 amide bonds. The number of nitrogens with one attached hydrogen (secondary N) is 1. The van der Waals surface area contributed by atoms with E-state index < -0.39 is 0 Å². The summed E-state index contributed by atoms with van der Waals surface area (Å²) in [6, 6.07) is 6.35. The first-order valence-corrected chi connectivity index (χ1v) is 8.60. The van der Waals surface area contributed by atoms with Gasteiger partial charge in [-0.05, 0) is 23.3 Å². The van der Waals surface area contributed by atoms with Crippen molar-refractivity contribution in [1.82, 2.24) is 0 Å². The molecule has 0 saturated carbocycles. The molecule has 2 N–H and O–H groups in total. The smallest absolute Gasteiger partial charge is 0.169 e. The monoisotopic (exact) mass is 342 g/mol. The largest absolute Gasteiger partial charge is 0.504 e. The molecule has 5 heteroatoms. The third-order valence-corrected chi connectivity index (χ3v) is 5.65. The van der Waals surface area contributed by atoms with Crippen LogP contribution in [-0.2, 0) is 12.8 Å². The quantitative estimate of drug-likeness (QED) is 0.892. The molecule has 2 aromatic rings. The molecular weight excluding hydrogens is 318 g/mol. The van der Waals surface area contributed by atoms with Crippen LogP contribution in [0.4, 0.5) is 0 Å². The zero-order chi connectivity index (χ0) is 17.7. The van der Waals surface area contributed by atoms with Gasteiger partial charge in [0.2, 0.25) is 0 Å². The Morgan fingerprint density at radius 1 is 1.00 bits per heavy atom. The normalized spacial score (nSPS) is 20.5. The van der Waals surface area contributed by atoms with Gasteiger partial charge in [-0.1, -0.05) is 6.07 Å². The maximum atomic E-state index is 10.9. The van der Waals surface area contributed by atoms with E-state index in [1.807, 2.05) is 6.07 Å². The first-order valence-electron chi connectivity index (χ1n) is 8.60. The van der Waals surface area contributed by atoms with Crippen LogP contribution in [0.5, 0.6) is 23.0 Å². The summed E-state index contributed by atoms with van der Waals surface area (Å²) in [6.45, 7) is 1.09. The molecule has 0 saturated heterocycles. The minimum Gasteiger partial charge on any atom is -0.504 e. The fraction of sp³-hybridized carbons (Fsp3) is 0.400. The summed E-state index contributed by atoms with van der Waals surface area (Å²) in [5.74, 6) is 2.05. The molecule has 5 nitrogen and oxygen atoms in total. The molecule has 4 rings (SSSR count). The van der Waals surface area contributed by atoms with E-state index in [4.69, 9.17) is 14.2 Å². The van der Waals surface area contributed by atoms with E-state index >= 15 is 0 Å².